The minimum absolute atomic E-state index is 0.165. The van der Waals surface area contributed by atoms with Gasteiger partial charge in [0.25, 0.3) is 0 Å². The van der Waals surface area contributed by atoms with Crippen molar-refractivity contribution in [3.8, 4) is 0 Å². The summed E-state index contributed by atoms with van der Waals surface area (Å²) in [5.41, 5.74) is 2.74. The maximum absolute atomic E-state index is 12.8. The Kier molecular flexibility index (Phi) is 4.93. The van der Waals surface area contributed by atoms with E-state index in [4.69, 9.17) is 0 Å². The molecule has 0 saturated heterocycles. The smallest absolute Gasteiger partial charge is 0.243 e. The van der Waals surface area contributed by atoms with E-state index in [1.54, 1.807) is 0 Å². The standard InChI is InChI=1S/C17H19FN2O/c1-12(2)13-3-7-15(8-4-13)19-11-17(21)20-16-9-5-14(18)6-10-16/h3-10,12,19H,11H2,1-2H3,(H,20,21). The lowest BCUT2D eigenvalue weighted by molar-refractivity contribution is -0.114. The Balaban J connectivity index is 1.84. The third-order valence-electron chi connectivity index (χ3n) is 3.16. The molecule has 21 heavy (non-hydrogen) atoms. The summed E-state index contributed by atoms with van der Waals surface area (Å²) in [4.78, 5) is 11.8. The molecule has 0 radical (unpaired) electrons. The molecule has 0 atom stereocenters. The van der Waals surface area contributed by atoms with Crippen LogP contribution in [0.25, 0.3) is 0 Å². The summed E-state index contributed by atoms with van der Waals surface area (Å²) >= 11 is 0. The van der Waals surface area contributed by atoms with Crippen molar-refractivity contribution in [1.29, 1.82) is 0 Å². The van der Waals surface area contributed by atoms with Gasteiger partial charge in [-0.1, -0.05) is 26.0 Å². The highest BCUT2D eigenvalue weighted by molar-refractivity contribution is 5.93. The van der Waals surface area contributed by atoms with Crippen LogP contribution in [-0.4, -0.2) is 12.5 Å². The summed E-state index contributed by atoms with van der Waals surface area (Å²) in [6.45, 7) is 4.44. The Morgan fingerprint density at radius 3 is 2.14 bits per heavy atom. The fourth-order valence-corrected chi connectivity index (χ4v) is 1.91. The summed E-state index contributed by atoms with van der Waals surface area (Å²) in [6.07, 6.45) is 0. The normalized spacial score (nSPS) is 10.5. The third kappa shape index (κ3) is 4.60. The van der Waals surface area contributed by atoms with E-state index in [1.807, 2.05) is 24.3 Å². The molecule has 110 valence electrons. The van der Waals surface area contributed by atoms with Crippen molar-refractivity contribution in [2.75, 3.05) is 17.2 Å². The van der Waals surface area contributed by atoms with Crippen LogP contribution in [0, 0.1) is 5.82 Å². The average Bonchev–Trinajstić information content (AvgIpc) is 2.48. The summed E-state index contributed by atoms with van der Waals surface area (Å²) in [5, 5.41) is 5.76. The monoisotopic (exact) mass is 286 g/mol. The van der Waals surface area contributed by atoms with Crippen molar-refractivity contribution >= 4 is 17.3 Å². The molecule has 0 fully saturated rings. The number of halogens is 1. The number of carbonyl (C=O) groups is 1. The molecule has 1 amide bonds. The molecule has 0 aliphatic rings. The fourth-order valence-electron chi connectivity index (χ4n) is 1.91. The van der Waals surface area contributed by atoms with E-state index in [0.29, 0.717) is 11.6 Å². The predicted molar refractivity (Wildman–Crippen MR) is 84.1 cm³/mol. The number of hydrogen-bond donors (Lipinski definition) is 2. The molecule has 2 N–H and O–H groups in total. The van der Waals surface area contributed by atoms with Crippen LogP contribution in [0.4, 0.5) is 15.8 Å². The molecule has 0 aliphatic carbocycles. The van der Waals surface area contributed by atoms with Crippen LogP contribution in [0.2, 0.25) is 0 Å². The van der Waals surface area contributed by atoms with E-state index in [-0.39, 0.29) is 18.3 Å². The van der Waals surface area contributed by atoms with Crippen LogP contribution in [0.3, 0.4) is 0 Å². The van der Waals surface area contributed by atoms with Crippen molar-refractivity contribution in [2.24, 2.45) is 0 Å². The van der Waals surface area contributed by atoms with Crippen molar-refractivity contribution in [2.45, 2.75) is 19.8 Å². The number of anilines is 2. The lowest BCUT2D eigenvalue weighted by atomic mass is 10.0. The fraction of sp³-hybridized carbons (Fsp3) is 0.235. The van der Waals surface area contributed by atoms with Crippen LogP contribution >= 0.6 is 0 Å². The number of hydrogen-bond acceptors (Lipinski definition) is 2. The second kappa shape index (κ2) is 6.88. The third-order valence-corrected chi connectivity index (χ3v) is 3.16. The highest BCUT2D eigenvalue weighted by Crippen LogP contribution is 2.17. The molecule has 0 bridgehead atoms. The van der Waals surface area contributed by atoms with Crippen LogP contribution in [0.15, 0.2) is 48.5 Å². The van der Waals surface area contributed by atoms with Crippen LogP contribution in [-0.2, 0) is 4.79 Å². The molecule has 0 saturated carbocycles. The molecule has 0 heterocycles. The molecule has 0 aliphatic heterocycles. The first-order valence-electron chi connectivity index (χ1n) is 6.94. The van der Waals surface area contributed by atoms with E-state index in [1.165, 1.54) is 29.8 Å². The highest BCUT2D eigenvalue weighted by atomic mass is 19.1. The Morgan fingerprint density at radius 2 is 1.57 bits per heavy atom. The lowest BCUT2D eigenvalue weighted by Crippen LogP contribution is -2.21. The van der Waals surface area contributed by atoms with E-state index < -0.39 is 0 Å². The van der Waals surface area contributed by atoms with Crippen LogP contribution in [0.1, 0.15) is 25.3 Å². The number of carbonyl (C=O) groups excluding carboxylic acids is 1. The number of benzene rings is 2. The summed E-state index contributed by atoms with van der Waals surface area (Å²) in [6, 6.07) is 13.7. The maximum atomic E-state index is 12.8. The Bertz CT molecular complexity index is 591. The van der Waals surface area contributed by atoms with Gasteiger partial charge < -0.3 is 10.6 Å². The predicted octanol–water partition coefficient (Wildman–Crippen LogP) is 4.00. The zero-order chi connectivity index (χ0) is 15.2. The van der Waals surface area contributed by atoms with Gasteiger partial charge in [0.2, 0.25) is 5.91 Å². The lowest BCUT2D eigenvalue weighted by Gasteiger charge is -2.10. The molecule has 2 aromatic rings. The van der Waals surface area contributed by atoms with Crippen molar-refractivity contribution in [1.82, 2.24) is 0 Å². The van der Waals surface area contributed by atoms with E-state index in [0.717, 1.165) is 5.69 Å². The summed E-state index contributed by atoms with van der Waals surface area (Å²) < 4.78 is 12.8. The minimum atomic E-state index is -0.323. The van der Waals surface area contributed by atoms with Gasteiger partial charge in [-0.15, -0.1) is 0 Å². The Morgan fingerprint density at radius 1 is 1.00 bits per heavy atom. The van der Waals surface area contributed by atoms with Gasteiger partial charge in [0, 0.05) is 11.4 Å². The van der Waals surface area contributed by atoms with Gasteiger partial charge in [0.05, 0.1) is 6.54 Å². The molecule has 4 heteroatoms. The number of rotatable bonds is 5. The zero-order valence-corrected chi connectivity index (χ0v) is 12.2. The maximum Gasteiger partial charge on any atom is 0.243 e. The van der Waals surface area contributed by atoms with Gasteiger partial charge in [0.15, 0.2) is 0 Å². The number of nitrogens with one attached hydrogen (secondary N) is 2. The van der Waals surface area contributed by atoms with Gasteiger partial charge in [-0.2, -0.15) is 0 Å². The summed E-state index contributed by atoms with van der Waals surface area (Å²) in [7, 11) is 0. The SMILES string of the molecule is CC(C)c1ccc(NCC(=O)Nc2ccc(F)cc2)cc1. The van der Waals surface area contributed by atoms with Crippen LogP contribution < -0.4 is 10.6 Å². The van der Waals surface area contributed by atoms with Gasteiger partial charge in [-0.3, -0.25) is 4.79 Å². The molecule has 0 unspecified atom stereocenters. The Hall–Kier alpha value is -2.36. The highest BCUT2D eigenvalue weighted by Gasteiger charge is 2.03. The van der Waals surface area contributed by atoms with Gasteiger partial charge in [-0.25, -0.2) is 4.39 Å². The van der Waals surface area contributed by atoms with Crippen LogP contribution in [0.5, 0.6) is 0 Å². The topological polar surface area (TPSA) is 41.1 Å². The van der Waals surface area contributed by atoms with Crippen molar-refractivity contribution < 1.29 is 9.18 Å². The second-order valence-electron chi connectivity index (χ2n) is 5.19. The molecule has 0 aromatic heterocycles. The zero-order valence-electron chi connectivity index (χ0n) is 12.2. The van der Waals surface area contributed by atoms with E-state index in [2.05, 4.69) is 24.5 Å². The first-order valence-corrected chi connectivity index (χ1v) is 6.94. The minimum Gasteiger partial charge on any atom is -0.376 e. The number of amides is 1. The molecule has 2 rings (SSSR count). The largest absolute Gasteiger partial charge is 0.376 e. The second-order valence-corrected chi connectivity index (χ2v) is 5.19. The van der Waals surface area contributed by atoms with Crippen molar-refractivity contribution in [3.05, 3.63) is 59.9 Å². The summed E-state index contributed by atoms with van der Waals surface area (Å²) in [5.74, 6) is -0.00765. The quantitative estimate of drug-likeness (QED) is 0.872. The van der Waals surface area contributed by atoms with E-state index >= 15 is 0 Å². The van der Waals surface area contributed by atoms with Gasteiger partial charge in [0.1, 0.15) is 5.82 Å². The molecular formula is C17H19FN2O. The van der Waals surface area contributed by atoms with E-state index in [9.17, 15) is 9.18 Å². The average molecular weight is 286 g/mol. The first-order chi connectivity index (χ1) is 10.0. The molecule has 3 nitrogen and oxygen atoms in total. The van der Waals surface area contributed by atoms with Crippen molar-refractivity contribution in [3.63, 3.8) is 0 Å². The molecular weight excluding hydrogens is 267 g/mol. The van der Waals surface area contributed by atoms with Gasteiger partial charge >= 0.3 is 0 Å². The molecule has 2 aromatic carbocycles. The van der Waals surface area contributed by atoms with Gasteiger partial charge in [-0.05, 0) is 47.9 Å². The Labute approximate surface area is 124 Å². The first kappa shape index (κ1) is 15.0. The molecule has 0 spiro atoms.